The fraction of sp³-hybridized carbons (Fsp3) is 0.250. The van der Waals surface area contributed by atoms with Gasteiger partial charge in [0.2, 0.25) is 0 Å². The third-order valence-corrected chi connectivity index (χ3v) is 2.11. The number of ether oxygens (including phenoxy) is 1. The maximum Gasteiger partial charge on any atom is 0.339 e. The highest BCUT2D eigenvalue weighted by molar-refractivity contribution is 5.90. The molecule has 0 aliphatic carbocycles. The van der Waals surface area contributed by atoms with Crippen molar-refractivity contribution in [2.45, 2.75) is 13.0 Å². The van der Waals surface area contributed by atoms with Crippen LogP contribution < -0.4 is 10.1 Å². The number of nitrogens with one attached hydrogen (secondary N) is 1. The van der Waals surface area contributed by atoms with Gasteiger partial charge in [0, 0.05) is 12.7 Å². The number of carbonyl (C=O) groups is 2. The van der Waals surface area contributed by atoms with Crippen molar-refractivity contribution in [2.75, 3.05) is 6.54 Å². The standard InChI is InChI=1S/C12H14N2O4/c1-3-5-14-11(15)8(2)18-10-7-13-6-4-9(10)12(16)17/h3-4,6-8H,1,5H2,2H3,(H,14,15)(H,16,17). The minimum absolute atomic E-state index is 0.0339. The molecule has 6 nitrogen and oxygen atoms in total. The van der Waals surface area contributed by atoms with E-state index in [2.05, 4.69) is 16.9 Å². The predicted octanol–water partition coefficient (Wildman–Crippen LogP) is 0.849. The molecular weight excluding hydrogens is 236 g/mol. The lowest BCUT2D eigenvalue weighted by atomic mass is 10.2. The van der Waals surface area contributed by atoms with Gasteiger partial charge in [-0.25, -0.2) is 4.79 Å². The number of aromatic carboxylic acids is 1. The molecule has 1 unspecified atom stereocenters. The van der Waals surface area contributed by atoms with Gasteiger partial charge in [-0.2, -0.15) is 0 Å². The number of nitrogens with zero attached hydrogens (tertiary/aromatic N) is 1. The molecule has 1 amide bonds. The van der Waals surface area contributed by atoms with Crippen LogP contribution in [0.3, 0.4) is 0 Å². The van der Waals surface area contributed by atoms with Crippen molar-refractivity contribution >= 4 is 11.9 Å². The second kappa shape index (κ2) is 6.39. The first-order valence-electron chi connectivity index (χ1n) is 5.28. The third-order valence-electron chi connectivity index (χ3n) is 2.11. The van der Waals surface area contributed by atoms with Crippen LogP contribution in [0.2, 0.25) is 0 Å². The number of carbonyl (C=O) groups excluding carboxylic acids is 1. The summed E-state index contributed by atoms with van der Waals surface area (Å²) in [6.07, 6.45) is 3.34. The molecule has 96 valence electrons. The minimum atomic E-state index is -1.13. The summed E-state index contributed by atoms with van der Waals surface area (Å²) in [5, 5.41) is 11.5. The molecule has 1 aromatic heterocycles. The topological polar surface area (TPSA) is 88.5 Å². The van der Waals surface area contributed by atoms with Crippen molar-refractivity contribution in [3.8, 4) is 5.75 Å². The Morgan fingerprint density at radius 3 is 3.00 bits per heavy atom. The summed E-state index contributed by atoms with van der Waals surface area (Å²) >= 11 is 0. The van der Waals surface area contributed by atoms with E-state index in [1.54, 1.807) is 0 Å². The van der Waals surface area contributed by atoms with Crippen LogP contribution in [0.25, 0.3) is 0 Å². The Kier molecular flexibility index (Phi) is 4.86. The van der Waals surface area contributed by atoms with Crippen molar-refractivity contribution < 1.29 is 19.4 Å². The zero-order chi connectivity index (χ0) is 13.5. The fourth-order valence-electron chi connectivity index (χ4n) is 1.21. The smallest absolute Gasteiger partial charge is 0.339 e. The highest BCUT2D eigenvalue weighted by Crippen LogP contribution is 2.17. The molecule has 0 saturated heterocycles. The lowest BCUT2D eigenvalue weighted by molar-refractivity contribution is -0.127. The van der Waals surface area contributed by atoms with Crippen LogP contribution in [-0.2, 0) is 4.79 Å². The molecule has 1 atom stereocenters. The molecule has 0 radical (unpaired) electrons. The molecule has 0 aromatic carbocycles. The summed E-state index contributed by atoms with van der Waals surface area (Å²) in [5.74, 6) is -1.42. The Morgan fingerprint density at radius 1 is 1.67 bits per heavy atom. The van der Waals surface area contributed by atoms with E-state index in [9.17, 15) is 9.59 Å². The van der Waals surface area contributed by atoms with Gasteiger partial charge in [0.1, 0.15) is 5.56 Å². The molecule has 0 bridgehead atoms. The van der Waals surface area contributed by atoms with E-state index in [1.165, 1.54) is 31.5 Å². The van der Waals surface area contributed by atoms with Crippen LogP contribution >= 0.6 is 0 Å². The van der Waals surface area contributed by atoms with Gasteiger partial charge < -0.3 is 15.2 Å². The molecule has 0 saturated carbocycles. The average Bonchev–Trinajstić information content (AvgIpc) is 2.36. The summed E-state index contributed by atoms with van der Waals surface area (Å²) in [6.45, 7) is 5.32. The molecule has 0 aliphatic rings. The molecular formula is C12H14N2O4. The monoisotopic (exact) mass is 250 g/mol. The molecule has 1 aromatic rings. The minimum Gasteiger partial charge on any atom is -0.478 e. The van der Waals surface area contributed by atoms with Crippen LogP contribution in [0.15, 0.2) is 31.1 Å². The number of carboxylic acid groups (broad SMARTS) is 1. The SMILES string of the molecule is C=CCNC(=O)C(C)Oc1cnccc1C(=O)O. The number of pyridine rings is 1. The quantitative estimate of drug-likeness (QED) is 0.731. The second-order valence-corrected chi connectivity index (χ2v) is 3.47. The second-order valence-electron chi connectivity index (χ2n) is 3.47. The van der Waals surface area contributed by atoms with Crippen LogP contribution in [0.4, 0.5) is 0 Å². The first-order chi connectivity index (χ1) is 8.56. The van der Waals surface area contributed by atoms with Gasteiger partial charge in [-0.15, -0.1) is 6.58 Å². The zero-order valence-electron chi connectivity index (χ0n) is 9.92. The van der Waals surface area contributed by atoms with Crippen LogP contribution in [0, 0.1) is 0 Å². The van der Waals surface area contributed by atoms with Crippen molar-refractivity contribution in [1.29, 1.82) is 0 Å². The Balaban J connectivity index is 2.75. The van der Waals surface area contributed by atoms with E-state index < -0.39 is 12.1 Å². The average molecular weight is 250 g/mol. The number of amides is 1. The summed E-state index contributed by atoms with van der Waals surface area (Å²) in [7, 11) is 0. The largest absolute Gasteiger partial charge is 0.478 e. The Morgan fingerprint density at radius 2 is 2.39 bits per heavy atom. The predicted molar refractivity (Wildman–Crippen MR) is 64.5 cm³/mol. The molecule has 1 heterocycles. The molecule has 18 heavy (non-hydrogen) atoms. The molecule has 0 aliphatic heterocycles. The van der Waals surface area contributed by atoms with Gasteiger partial charge in [-0.05, 0) is 13.0 Å². The fourth-order valence-corrected chi connectivity index (χ4v) is 1.21. The summed E-state index contributed by atoms with van der Waals surface area (Å²) in [6, 6.07) is 1.31. The van der Waals surface area contributed by atoms with E-state index >= 15 is 0 Å². The number of aromatic nitrogens is 1. The van der Waals surface area contributed by atoms with Crippen molar-refractivity contribution in [1.82, 2.24) is 10.3 Å². The van der Waals surface area contributed by atoms with Crippen LogP contribution in [0.1, 0.15) is 17.3 Å². The van der Waals surface area contributed by atoms with Crippen LogP contribution in [-0.4, -0.2) is 34.6 Å². The van der Waals surface area contributed by atoms with Crippen molar-refractivity contribution in [3.05, 3.63) is 36.7 Å². The van der Waals surface area contributed by atoms with Gasteiger partial charge in [-0.3, -0.25) is 9.78 Å². The Labute approximate surface area is 104 Å². The molecule has 0 fully saturated rings. The van der Waals surface area contributed by atoms with Gasteiger partial charge in [0.15, 0.2) is 11.9 Å². The number of carboxylic acids is 1. The van der Waals surface area contributed by atoms with Gasteiger partial charge in [0.05, 0.1) is 6.20 Å². The van der Waals surface area contributed by atoms with Gasteiger partial charge in [-0.1, -0.05) is 6.08 Å². The van der Waals surface area contributed by atoms with E-state index in [0.717, 1.165) is 0 Å². The van der Waals surface area contributed by atoms with Gasteiger partial charge >= 0.3 is 5.97 Å². The Hall–Kier alpha value is -2.37. The first-order valence-corrected chi connectivity index (χ1v) is 5.28. The summed E-state index contributed by atoms with van der Waals surface area (Å²) in [4.78, 5) is 26.2. The zero-order valence-corrected chi connectivity index (χ0v) is 9.92. The highest BCUT2D eigenvalue weighted by atomic mass is 16.5. The van der Waals surface area contributed by atoms with E-state index in [-0.39, 0.29) is 17.2 Å². The van der Waals surface area contributed by atoms with Crippen molar-refractivity contribution in [3.63, 3.8) is 0 Å². The number of hydrogen-bond donors (Lipinski definition) is 2. The lowest BCUT2D eigenvalue weighted by Gasteiger charge is -2.15. The molecule has 6 heteroatoms. The first kappa shape index (κ1) is 13.7. The van der Waals surface area contributed by atoms with Crippen molar-refractivity contribution in [2.24, 2.45) is 0 Å². The molecule has 2 N–H and O–H groups in total. The summed E-state index contributed by atoms with van der Waals surface area (Å²) in [5.41, 5.74) is -0.0339. The number of rotatable bonds is 6. The maximum atomic E-state index is 11.5. The number of hydrogen-bond acceptors (Lipinski definition) is 4. The maximum absolute atomic E-state index is 11.5. The highest BCUT2D eigenvalue weighted by Gasteiger charge is 2.18. The van der Waals surface area contributed by atoms with Gasteiger partial charge in [0.25, 0.3) is 5.91 Å². The normalized spacial score (nSPS) is 11.4. The van der Waals surface area contributed by atoms with E-state index in [0.29, 0.717) is 6.54 Å². The summed E-state index contributed by atoms with van der Waals surface area (Å²) < 4.78 is 5.28. The molecule has 1 rings (SSSR count). The lowest BCUT2D eigenvalue weighted by Crippen LogP contribution is -2.36. The van der Waals surface area contributed by atoms with E-state index in [1.807, 2.05) is 0 Å². The van der Waals surface area contributed by atoms with Crippen LogP contribution in [0.5, 0.6) is 5.75 Å². The molecule has 0 spiro atoms. The Bertz CT molecular complexity index is 459. The van der Waals surface area contributed by atoms with E-state index in [4.69, 9.17) is 9.84 Å². The third kappa shape index (κ3) is 3.58.